The first-order valence-electron chi connectivity index (χ1n) is 5.77. The average molecular weight is 182 g/mol. The van der Waals surface area contributed by atoms with Gasteiger partial charge in [0.1, 0.15) is 0 Å². The van der Waals surface area contributed by atoms with Gasteiger partial charge in [0.2, 0.25) is 0 Å². The lowest BCUT2D eigenvalue weighted by Crippen LogP contribution is -2.49. The molecule has 2 fully saturated rings. The van der Waals surface area contributed by atoms with Crippen LogP contribution in [0.5, 0.6) is 0 Å². The smallest absolute Gasteiger partial charge is 0.0226 e. The van der Waals surface area contributed by atoms with E-state index < -0.39 is 0 Å². The largest absolute Gasteiger partial charge is 0.315 e. The second-order valence-electron chi connectivity index (χ2n) is 4.72. The van der Waals surface area contributed by atoms with E-state index in [2.05, 4.69) is 24.1 Å². The molecular formula is C11H22N2. The van der Waals surface area contributed by atoms with Crippen LogP contribution in [0.1, 0.15) is 39.5 Å². The number of rotatable bonds is 1. The summed E-state index contributed by atoms with van der Waals surface area (Å²) in [5, 5.41) is 3.51. The SMILES string of the molecule is C[C@@H]1CC[C@H](C)N1[C@@H]1CCCNC1. The van der Waals surface area contributed by atoms with Crippen LogP contribution in [0.3, 0.4) is 0 Å². The maximum atomic E-state index is 3.51. The first-order chi connectivity index (χ1) is 6.29. The van der Waals surface area contributed by atoms with E-state index in [1.54, 1.807) is 0 Å². The molecule has 0 aliphatic carbocycles. The van der Waals surface area contributed by atoms with Crippen molar-refractivity contribution in [1.82, 2.24) is 10.2 Å². The highest BCUT2D eigenvalue weighted by Gasteiger charge is 2.33. The molecule has 2 saturated heterocycles. The number of likely N-dealkylation sites (tertiary alicyclic amines) is 1. The second-order valence-corrected chi connectivity index (χ2v) is 4.72. The van der Waals surface area contributed by atoms with Crippen LogP contribution >= 0.6 is 0 Å². The molecule has 0 amide bonds. The molecule has 2 heteroatoms. The van der Waals surface area contributed by atoms with Gasteiger partial charge in [0.15, 0.2) is 0 Å². The zero-order valence-electron chi connectivity index (χ0n) is 8.92. The minimum atomic E-state index is 0.819. The lowest BCUT2D eigenvalue weighted by molar-refractivity contribution is 0.122. The number of nitrogens with zero attached hydrogens (tertiary/aromatic N) is 1. The highest BCUT2D eigenvalue weighted by Crippen LogP contribution is 2.28. The lowest BCUT2D eigenvalue weighted by Gasteiger charge is -2.37. The summed E-state index contributed by atoms with van der Waals surface area (Å²) in [6.45, 7) is 7.22. The molecule has 0 aromatic carbocycles. The maximum absolute atomic E-state index is 3.51. The Kier molecular flexibility index (Phi) is 2.89. The minimum absolute atomic E-state index is 0.819. The standard InChI is InChI=1S/C11H22N2/c1-9-5-6-10(2)13(9)11-4-3-7-12-8-11/h9-12H,3-8H2,1-2H3/t9-,10+,11-/m1/s1. The van der Waals surface area contributed by atoms with Crippen molar-refractivity contribution in [2.45, 2.75) is 57.7 Å². The van der Waals surface area contributed by atoms with Gasteiger partial charge in [-0.15, -0.1) is 0 Å². The first kappa shape index (κ1) is 9.47. The summed E-state index contributed by atoms with van der Waals surface area (Å²) in [5.74, 6) is 0. The summed E-state index contributed by atoms with van der Waals surface area (Å²) in [6, 6.07) is 2.46. The van der Waals surface area contributed by atoms with E-state index in [-0.39, 0.29) is 0 Å². The Balaban J connectivity index is 1.96. The minimum Gasteiger partial charge on any atom is -0.315 e. The highest BCUT2D eigenvalue weighted by atomic mass is 15.2. The number of hydrogen-bond donors (Lipinski definition) is 1. The van der Waals surface area contributed by atoms with Gasteiger partial charge in [0.05, 0.1) is 0 Å². The molecule has 2 aliphatic rings. The highest BCUT2D eigenvalue weighted by molar-refractivity contribution is 4.90. The second kappa shape index (κ2) is 3.97. The van der Waals surface area contributed by atoms with Gasteiger partial charge in [-0.25, -0.2) is 0 Å². The molecular weight excluding hydrogens is 160 g/mol. The molecule has 2 nitrogen and oxygen atoms in total. The third-order valence-corrected chi connectivity index (χ3v) is 3.71. The number of hydrogen-bond acceptors (Lipinski definition) is 2. The van der Waals surface area contributed by atoms with E-state index in [1.165, 1.54) is 38.8 Å². The average Bonchev–Trinajstić information content (AvgIpc) is 2.48. The van der Waals surface area contributed by atoms with Gasteiger partial charge in [0, 0.05) is 24.7 Å². The first-order valence-corrected chi connectivity index (χ1v) is 5.77. The quantitative estimate of drug-likeness (QED) is 0.663. The van der Waals surface area contributed by atoms with E-state index >= 15 is 0 Å². The van der Waals surface area contributed by atoms with Crippen molar-refractivity contribution < 1.29 is 0 Å². The molecule has 0 aromatic heterocycles. The summed E-state index contributed by atoms with van der Waals surface area (Å²) in [6.07, 6.45) is 5.57. The van der Waals surface area contributed by atoms with E-state index in [0.29, 0.717) is 0 Å². The van der Waals surface area contributed by atoms with Crippen LogP contribution in [-0.4, -0.2) is 36.1 Å². The van der Waals surface area contributed by atoms with Crippen molar-refractivity contribution in [2.75, 3.05) is 13.1 Å². The fourth-order valence-electron chi connectivity index (χ4n) is 3.02. The third kappa shape index (κ3) is 1.89. The maximum Gasteiger partial charge on any atom is 0.0226 e. The molecule has 0 unspecified atom stereocenters. The van der Waals surface area contributed by atoms with Gasteiger partial charge in [-0.1, -0.05) is 0 Å². The summed E-state index contributed by atoms with van der Waals surface area (Å²) in [4.78, 5) is 2.74. The van der Waals surface area contributed by atoms with E-state index in [4.69, 9.17) is 0 Å². The number of nitrogens with one attached hydrogen (secondary N) is 1. The van der Waals surface area contributed by atoms with Crippen LogP contribution in [0, 0.1) is 0 Å². The fraction of sp³-hybridized carbons (Fsp3) is 1.00. The molecule has 0 radical (unpaired) electrons. The Hall–Kier alpha value is -0.0800. The fourth-order valence-corrected chi connectivity index (χ4v) is 3.02. The molecule has 13 heavy (non-hydrogen) atoms. The molecule has 0 spiro atoms. The topological polar surface area (TPSA) is 15.3 Å². The summed E-state index contributed by atoms with van der Waals surface area (Å²) >= 11 is 0. The predicted molar refractivity (Wildman–Crippen MR) is 55.9 cm³/mol. The van der Waals surface area contributed by atoms with Crippen molar-refractivity contribution >= 4 is 0 Å². The molecule has 0 bridgehead atoms. The van der Waals surface area contributed by atoms with Crippen LogP contribution in [0.15, 0.2) is 0 Å². The Morgan fingerprint density at radius 3 is 2.31 bits per heavy atom. The Morgan fingerprint density at radius 1 is 1.08 bits per heavy atom. The summed E-state index contributed by atoms with van der Waals surface area (Å²) < 4.78 is 0. The van der Waals surface area contributed by atoms with Gasteiger partial charge >= 0.3 is 0 Å². The molecule has 1 N–H and O–H groups in total. The predicted octanol–water partition coefficient (Wildman–Crippen LogP) is 1.61. The van der Waals surface area contributed by atoms with Gasteiger partial charge in [0.25, 0.3) is 0 Å². The van der Waals surface area contributed by atoms with Crippen LogP contribution in [0.25, 0.3) is 0 Å². The summed E-state index contributed by atoms with van der Waals surface area (Å²) in [5.41, 5.74) is 0. The molecule has 0 aromatic rings. The van der Waals surface area contributed by atoms with E-state index in [1.807, 2.05) is 0 Å². The Bertz CT molecular complexity index is 153. The molecule has 76 valence electrons. The van der Waals surface area contributed by atoms with Crippen LogP contribution in [0.2, 0.25) is 0 Å². The van der Waals surface area contributed by atoms with Gasteiger partial charge in [-0.2, -0.15) is 0 Å². The van der Waals surface area contributed by atoms with Crippen LogP contribution < -0.4 is 5.32 Å². The zero-order valence-corrected chi connectivity index (χ0v) is 8.92. The van der Waals surface area contributed by atoms with Gasteiger partial charge in [-0.3, -0.25) is 4.90 Å². The molecule has 0 saturated carbocycles. The van der Waals surface area contributed by atoms with Crippen molar-refractivity contribution in [1.29, 1.82) is 0 Å². The van der Waals surface area contributed by atoms with Crippen LogP contribution in [0.4, 0.5) is 0 Å². The molecule has 2 heterocycles. The van der Waals surface area contributed by atoms with Crippen molar-refractivity contribution in [3.8, 4) is 0 Å². The Morgan fingerprint density at radius 2 is 1.77 bits per heavy atom. The molecule has 3 atom stereocenters. The van der Waals surface area contributed by atoms with Gasteiger partial charge < -0.3 is 5.32 Å². The third-order valence-electron chi connectivity index (χ3n) is 3.71. The van der Waals surface area contributed by atoms with Crippen molar-refractivity contribution in [3.63, 3.8) is 0 Å². The van der Waals surface area contributed by atoms with E-state index in [0.717, 1.165) is 18.1 Å². The summed E-state index contributed by atoms with van der Waals surface area (Å²) in [7, 11) is 0. The monoisotopic (exact) mass is 182 g/mol. The van der Waals surface area contributed by atoms with Crippen molar-refractivity contribution in [2.24, 2.45) is 0 Å². The number of piperidine rings is 1. The van der Waals surface area contributed by atoms with E-state index in [9.17, 15) is 0 Å². The van der Waals surface area contributed by atoms with Gasteiger partial charge in [-0.05, 0) is 46.1 Å². The zero-order chi connectivity index (χ0) is 9.26. The van der Waals surface area contributed by atoms with Crippen LogP contribution in [-0.2, 0) is 0 Å². The molecule has 2 aliphatic heterocycles. The molecule has 2 rings (SSSR count). The lowest BCUT2D eigenvalue weighted by atomic mass is 10.0. The normalized spacial score (nSPS) is 42.5. The van der Waals surface area contributed by atoms with Crippen molar-refractivity contribution in [3.05, 3.63) is 0 Å². The Labute approximate surface area is 81.7 Å².